The summed E-state index contributed by atoms with van der Waals surface area (Å²) in [5.74, 6) is 0.672. The van der Waals surface area contributed by atoms with Crippen molar-refractivity contribution in [3.8, 4) is 6.07 Å². The maximum atomic E-state index is 11.8. The molecule has 1 N–H and O–H groups in total. The van der Waals surface area contributed by atoms with Gasteiger partial charge in [0.25, 0.3) is 0 Å². The summed E-state index contributed by atoms with van der Waals surface area (Å²) in [6.45, 7) is 9.81. The molecule has 1 aliphatic heterocycles. The molecule has 1 aromatic heterocycles. The average Bonchev–Trinajstić information content (AvgIpc) is 2.52. The third-order valence-corrected chi connectivity index (χ3v) is 4.44. The Kier molecular flexibility index (Phi) is 5.73. The van der Waals surface area contributed by atoms with E-state index in [9.17, 15) is 4.79 Å². The molecule has 25 heavy (non-hydrogen) atoms. The summed E-state index contributed by atoms with van der Waals surface area (Å²) in [6.07, 6.45) is 2.97. The highest BCUT2D eigenvalue weighted by atomic mass is 35.5. The second-order valence-electron chi connectivity index (χ2n) is 7.63. The van der Waals surface area contributed by atoms with Gasteiger partial charge in [-0.3, -0.25) is 0 Å². The van der Waals surface area contributed by atoms with Crippen molar-refractivity contribution in [2.45, 2.75) is 46.1 Å². The molecule has 1 amide bonds. The van der Waals surface area contributed by atoms with Crippen molar-refractivity contribution in [2.24, 2.45) is 5.41 Å². The van der Waals surface area contributed by atoms with Crippen molar-refractivity contribution in [2.75, 3.05) is 24.5 Å². The summed E-state index contributed by atoms with van der Waals surface area (Å²) >= 11 is 5.96. The number of hydrogen-bond acceptors (Lipinski definition) is 6. The van der Waals surface area contributed by atoms with Crippen molar-refractivity contribution in [3.63, 3.8) is 0 Å². The van der Waals surface area contributed by atoms with Crippen molar-refractivity contribution in [1.82, 2.24) is 15.3 Å². The Hall–Kier alpha value is -2.07. The Labute approximate surface area is 153 Å². The molecule has 1 fully saturated rings. The van der Waals surface area contributed by atoms with Gasteiger partial charge >= 0.3 is 6.09 Å². The standard InChI is InChI=1S/C17H24ClN5O2/c1-16(2,3)25-15(24)21-11-17(4)5-7-23(8-6-17)13-10-20-12(9-19)14(18)22-13/h10H,5-8,11H2,1-4H3,(H,21,24). The quantitative estimate of drug-likeness (QED) is 0.884. The minimum atomic E-state index is -0.498. The average molecular weight is 366 g/mol. The van der Waals surface area contributed by atoms with Crippen LogP contribution in [0.25, 0.3) is 0 Å². The molecule has 1 aromatic rings. The number of anilines is 1. The van der Waals surface area contributed by atoms with Crippen molar-refractivity contribution >= 4 is 23.5 Å². The Morgan fingerprint density at radius 1 is 1.48 bits per heavy atom. The van der Waals surface area contributed by atoms with Crippen LogP contribution in [0.1, 0.15) is 46.2 Å². The molecule has 0 saturated carbocycles. The highest BCUT2D eigenvalue weighted by Gasteiger charge is 2.31. The number of aromatic nitrogens is 2. The fourth-order valence-electron chi connectivity index (χ4n) is 2.64. The van der Waals surface area contributed by atoms with Crippen LogP contribution in [0.3, 0.4) is 0 Å². The van der Waals surface area contributed by atoms with E-state index >= 15 is 0 Å². The van der Waals surface area contributed by atoms with Gasteiger partial charge in [-0.2, -0.15) is 5.26 Å². The summed E-state index contributed by atoms with van der Waals surface area (Å²) < 4.78 is 5.28. The first-order valence-electron chi connectivity index (χ1n) is 8.26. The van der Waals surface area contributed by atoms with Crippen LogP contribution in [-0.2, 0) is 4.74 Å². The number of rotatable bonds is 3. The lowest BCUT2D eigenvalue weighted by molar-refractivity contribution is 0.0495. The van der Waals surface area contributed by atoms with Crippen LogP contribution in [0.4, 0.5) is 10.6 Å². The lowest BCUT2D eigenvalue weighted by Gasteiger charge is -2.40. The highest BCUT2D eigenvalue weighted by molar-refractivity contribution is 6.30. The summed E-state index contributed by atoms with van der Waals surface area (Å²) in [5.41, 5.74) is -0.368. The van der Waals surface area contributed by atoms with Gasteiger partial charge in [0.05, 0.1) is 6.20 Å². The number of alkyl carbamates (subject to hydrolysis) is 1. The number of carbonyl (C=O) groups is 1. The molecule has 0 spiro atoms. The summed E-state index contributed by atoms with van der Waals surface area (Å²) in [7, 11) is 0. The van der Waals surface area contributed by atoms with Crippen LogP contribution >= 0.6 is 11.6 Å². The minimum absolute atomic E-state index is 0.00276. The van der Waals surface area contributed by atoms with Crippen molar-refractivity contribution in [3.05, 3.63) is 17.0 Å². The smallest absolute Gasteiger partial charge is 0.407 e. The van der Waals surface area contributed by atoms with E-state index in [-0.39, 0.29) is 22.4 Å². The van der Waals surface area contributed by atoms with E-state index in [0.717, 1.165) is 25.9 Å². The molecule has 0 radical (unpaired) electrons. The zero-order chi connectivity index (χ0) is 18.7. The predicted molar refractivity (Wildman–Crippen MR) is 95.5 cm³/mol. The molecule has 0 aliphatic carbocycles. The topological polar surface area (TPSA) is 91.1 Å². The van der Waals surface area contributed by atoms with Gasteiger partial charge in [0.2, 0.25) is 0 Å². The molecule has 7 nitrogen and oxygen atoms in total. The van der Waals surface area contributed by atoms with E-state index < -0.39 is 5.60 Å². The van der Waals surface area contributed by atoms with Gasteiger partial charge < -0.3 is 15.0 Å². The van der Waals surface area contributed by atoms with Crippen LogP contribution < -0.4 is 10.2 Å². The van der Waals surface area contributed by atoms with Gasteiger partial charge in [-0.05, 0) is 39.0 Å². The number of ether oxygens (including phenoxy) is 1. The largest absolute Gasteiger partial charge is 0.444 e. The maximum Gasteiger partial charge on any atom is 0.407 e. The molecule has 8 heteroatoms. The highest BCUT2D eigenvalue weighted by Crippen LogP contribution is 2.32. The third-order valence-electron chi connectivity index (χ3n) is 4.18. The number of hydrogen-bond donors (Lipinski definition) is 1. The molecule has 2 heterocycles. The Morgan fingerprint density at radius 2 is 2.12 bits per heavy atom. The van der Waals surface area contributed by atoms with Crippen LogP contribution in [0, 0.1) is 16.7 Å². The first kappa shape index (κ1) is 19.3. The Bertz CT molecular complexity index is 673. The predicted octanol–water partition coefficient (Wildman–Crippen LogP) is 3.13. The molecule has 0 unspecified atom stereocenters. The lowest BCUT2D eigenvalue weighted by Crippen LogP contribution is -2.46. The van der Waals surface area contributed by atoms with Crippen LogP contribution in [0.2, 0.25) is 5.15 Å². The Morgan fingerprint density at radius 3 is 2.64 bits per heavy atom. The molecular formula is C17H24ClN5O2. The third kappa shape index (κ3) is 5.46. The van der Waals surface area contributed by atoms with Crippen LogP contribution in [0.15, 0.2) is 6.20 Å². The number of piperidine rings is 1. The molecule has 0 aromatic carbocycles. The fourth-order valence-corrected chi connectivity index (χ4v) is 2.82. The van der Waals surface area contributed by atoms with Gasteiger partial charge in [0, 0.05) is 19.6 Å². The number of amides is 1. The molecule has 1 saturated heterocycles. The normalized spacial score (nSPS) is 16.9. The van der Waals surface area contributed by atoms with Gasteiger partial charge in [-0.25, -0.2) is 14.8 Å². The zero-order valence-corrected chi connectivity index (χ0v) is 15.9. The molecular weight excluding hydrogens is 342 g/mol. The van der Waals surface area contributed by atoms with Crippen molar-refractivity contribution in [1.29, 1.82) is 5.26 Å². The first-order valence-corrected chi connectivity index (χ1v) is 8.64. The van der Waals surface area contributed by atoms with E-state index in [1.54, 1.807) is 6.20 Å². The van der Waals surface area contributed by atoms with Gasteiger partial charge in [-0.1, -0.05) is 18.5 Å². The zero-order valence-electron chi connectivity index (χ0n) is 15.1. The number of carbonyl (C=O) groups excluding carboxylic acids is 1. The van der Waals surface area contributed by atoms with E-state index in [1.165, 1.54) is 0 Å². The number of nitriles is 1. The monoisotopic (exact) mass is 365 g/mol. The molecule has 2 rings (SSSR count). The van der Waals surface area contributed by atoms with Crippen LogP contribution in [0.5, 0.6) is 0 Å². The van der Waals surface area contributed by atoms with Crippen molar-refractivity contribution < 1.29 is 9.53 Å². The Balaban J connectivity index is 1.89. The second kappa shape index (κ2) is 7.44. The van der Waals surface area contributed by atoms with E-state index in [4.69, 9.17) is 21.6 Å². The molecule has 0 atom stereocenters. The fraction of sp³-hybridized carbons (Fsp3) is 0.647. The lowest BCUT2D eigenvalue weighted by atomic mass is 9.80. The van der Waals surface area contributed by atoms with E-state index in [0.29, 0.717) is 12.4 Å². The molecule has 0 bridgehead atoms. The van der Waals surface area contributed by atoms with E-state index in [2.05, 4.69) is 27.1 Å². The van der Waals surface area contributed by atoms with E-state index in [1.807, 2.05) is 26.8 Å². The van der Waals surface area contributed by atoms with Gasteiger partial charge in [0.1, 0.15) is 17.5 Å². The number of nitrogens with one attached hydrogen (secondary N) is 1. The van der Waals surface area contributed by atoms with Gasteiger partial charge in [0.15, 0.2) is 10.8 Å². The SMILES string of the molecule is CC1(CNC(=O)OC(C)(C)C)CCN(c2cnc(C#N)c(Cl)n2)CC1. The molecule has 136 valence electrons. The molecule has 1 aliphatic rings. The summed E-state index contributed by atoms with van der Waals surface area (Å²) in [5, 5.41) is 11.9. The van der Waals surface area contributed by atoms with Crippen LogP contribution in [-0.4, -0.2) is 41.3 Å². The second-order valence-corrected chi connectivity index (χ2v) is 7.99. The van der Waals surface area contributed by atoms with Gasteiger partial charge in [-0.15, -0.1) is 0 Å². The number of halogens is 1. The minimum Gasteiger partial charge on any atom is -0.444 e. The first-order chi connectivity index (χ1) is 11.6. The maximum absolute atomic E-state index is 11.8. The number of nitrogens with zero attached hydrogens (tertiary/aromatic N) is 4. The summed E-state index contributed by atoms with van der Waals surface area (Å²) in [6, 6.07) is 1.91. The summed E-state index contributed by atoms with van der Waals surface area (Å²) in [4.78, 5) is 22.2.